The van der Waals surface area contributed by atoms with Crippen molar-refractivity contribution in [2.75, 3.05) is 5.75 Å². The smallest absolute Gasteiger partial charge is 0.178 e. The zero-order chi connectivity index (χ0) is 25.9. The SMILES string of the molecule is CC(=O)c1ccc([C@@H]2C[C@H](CS(=O)(=O)c3ccccc3)C[Si](c3ccccc3)(c3ccccc3)C2)cc1. The van der Waals surface area contributed by atoms with Gasteiger partial charge >= 0.3 is 0 Å². The molecule has 0 spiro atoms. The lowest BCUT2D eigenvalue weighted by Crippen LogP contribution is -2.62. The first-order valence-electron chi connectivity index (χ1n) is 12.9. The van der Waals surface area contributed by atoms with Crippen LogP contribution in [-0.4, -0.2) is 28.0 Å². The van der Waals surface area contributed by atoms with E-state index >= 15 is 0 Å². The Bertz CT molecular complexity index is 1410. The number of sulfone groups is 1. The molecule has 1 saturated heterocycles. The van der Waals surface area contributed by atoms with Crippen molar-refractivity contribution >= 4 is 34.1 Å². The van der Waals surface area contributed by atoms with Crippen molar-refractivity contribution in [2.24, 2.45) is 5.92 Å². The Hall–Kier alpha value is -3.28. The van der Waals surface area contributed by atoms with Gasteiger partial charge in [-0.05, 0) is 55.0 Å². The number of carbonyl (C=O) groups is 1. The third-order valence-corrected chi connectivity index (χ3v) is 15.1. The number of rotatable bonds is 7. The van der Waals surface area contributed by atoms with Crippen LogP contribution >= 0.6 is 0 Å². The van der Waals surface area contributed by atoms with E-state index in [1.165, 1.54) is 15.9 Å². The van der Waals surface area contributed by atoms with Gasteiger partial charge in [0, 0.05) is 5.56 Å². The summed E-state index contributed by atoms with van der Waals surface area (Å²) in [5.74, 6) is 0.452. The first-order valence-corrected chi connectivity index (χ1v) is 16.9. The first-order chi connectivity index (χ1) is 17.9. The Labute approximate surface area is 221 Å². The van der Waals surface area contributed by atoms with Crippen LogP contribution in [0.4, 0.5) is 0 Å². The van der Waals surface area contributed by atoms with Crippen LogP contribution in [0.15, 0.2) is 120 Å². The molecular formula is C32H32O3SSi. The van der Waals surface area contributed by atoms with Gasteiger partial charge in [-0.1, -0.05) is 114 Å². The maximum Gasteiger partial charge on any atom is 0.178 e. The standard InChI is InChI=1S/C32H32O3SSi/c1-25(33)27-17-19-28(20-18-27)29-21-26(22-36(34,35)30-11-5-2-6-12-30)23-37(24-29,31-13-7-3-8-14-31)32-15-9-4-10-16-32/h2-20,26,29H,21-24H2,1H3/t26-,29-/m1/s1. The Kier molecular flexibility index (Phi) is 7.27. The Morgan fingerprint density at radius 1 is 0.730 bits per heavy atom. The van der Waals surface area contributed by atoms with Crippen LogP contribution in [0, 0.1) is 5.92 Å². The highest BCUT2D eigenvalue weighted by atomic mass is 32.2. The first kappa shape index (κ1) is 25.4. The monoisotopic (exact) mass is 524 g/mol. The Morgan fingerprint density at radius 2 is 1.24 bits per heavy atom. The average molecular weight is 525 g/mol. The molecule has 3 nitrogen and oxygen atoms in total. The van der Waals surface area contributed by atoms with Crippen LogP contribution in [0.5, 0.6) is 0 Å². The molecule has 0 amide bonds. The molecule has 4 aromatic carbocycles. The van der Waals surface area contributed by atoms with Crippen molar-refractivity contribution in [1.29, 1.82) is 0 Å². The number of hydrogen-bond acceptors (Lipinski definition) is 3. The molecule has 5 heteroatoms. The maximum atomic E-state index is 13.5. The van der Waals surface area contributed by atoms with Crippen LogP contribution < -0.4 is 10.4 Å². The average Bonchev–Trinajstić information content (AvgIpc) is 2.94. The van der Waals surface area contributed by atoms with Gasteiger partial charge < -0.3 is 0 Å². The molecule has 1 aliphatic heterocycles. The predicted octanol–water partition coefficient (Wildman–Crippen LogP) is 5.73. The summed E-state index contributed by atoms with van der Waals surface area (Å²) in [6.45, 7) is 1.59. The molecule has 0 radical (unpaired) electrons. The second-order valence-electron chi connectivity index (χ2n) is 10.3. The van der Waals surface area contributed by atoms with Gasteiger partial charge in [0.2, 0.25) is 0 Å². The number of benzene rings is 4. The maximum absolute atomic E-state index is 13.5. The molecule has 1 aliphatic rings. The van der Waals surface area contributed by atoms with Gasteiger partial charge in [-0.15, -0.1) is 0 Å². The van der Waals surface area contributed by atoms with Crippen molar-refractivity contribution in [3.63, 3.8) is 0 Å². The number of hydrogen-bond donors (Lipinski definition) is 0. The van der Waals surface area contributed by atoms with Crippen LogP contribution in [-0.2, 0) is 9.84 Å². The van der Waals surface area contributed by atoms with Gasteiger partial charge in [0.15, 0.2) is 15.6 Å². The molecule has 1 heterocycles. The Balaban J connectivity index is 1.60. The molecular weight excluding hydrogens is 493 g/mol. The van der Waals surface area contributed by atoms with Gasteiger partial charge in [-0.2, -0.15) is 0 Å². The van der Waals surface area contributed by atoms with E-state index < -0.39 is 17.9 Å². The second-order valence-corrected chi connectivity index (χ2v) is 16.5. The van der Waals surface area contributed by atoms with Crippen LogP contribution in [0.1, 0.15) is 35.2 Å². The van der Waals surface area contributed by atoms with Gasteiger partial charge in [0.25, 0.3) is 0 Å². The molecule has 0 unspecified atom stereocenters. The third kappa shape index (κ3) is 5.38. The summed E-state index contributed by atoms with van der Waals surface area (Å²) in [6, 6.07) is 40.2. The highest BCUT2D eigenvalue weighted by Gasteiger charge is 2.46. The summed E-state index contributed by atoms with van der Waals surface area (Å²) in [6.07, 6.45) is 0.819. The minimum Gasteiger partial charge on any atom is -0.295 e. The number of ketones is 1. The van der Waals surface area contributed by atoms with Crippen LogP contribution in [0.25, 0.3) is 0 Å². The Morgan fingerprint density at radius 3 is 1.76 bits per heavy atom. The quantitative estimate of drug-likeness (QED) is 0.229. The summed E-state index contributed by atoms with van der Waals surface area (Å²) >= 11 is 0. The normalized spacial score (nSPS) is 19.3. The summed E-state index contributed by atoms with van der Waals surface area (Å²) in [5, 5.41) is 2.71. The molecule has 2 atom stereocenters. The summed E-state index contributed by atoms with van der Waals surface area (Å²) in [4.78, 5) is 12.3. The predicted molar refractivity (Wildman–Crippen MR) is 153 cm³/mol. The van der Waals surface area contributed by atoms with Gasteiger partial charge in [-0.3, -0.25) is 4.79 Å². The van der Waals surface area contributed by atoms with Crippen LogP contribution in [0.2, 0.25) is 12.1 Å². The molecule has 0 N–H and O–H groups in total. The van der Waals surface area contributed by atoms with Crippen molar-refractivity contribution in [1.82, 2.24) is 0 Å². The van der Waals surface area contributed by atoms with E-state index in [2.05, 4.69) is 72.8 Å². The lowest BCUT2D eigenvalue weighted by atomic mass is 9.90. The topological polar surface area (TPSA) is 51.2 Å². The third-order valence-electron chi connectivity index (χ3n) is 7.85. The number of Topliss-reactive ketones (excluding diaryl/α,β-unsaturated/α-hetero) is 1. The molecule has 0 saturated carbocycles. The lowest BCUT2D eigenvalue weighted by molar-refractivity contribution is 0.101. The molecule has 188 valence electrons. The van der Waals surface area contributed by atoms with Gasteiger partial charge in [0.1, 0.15) is 8.07 Å². The molecule has 0 aliphatic carbocycles. The zero-order valence-electron chi connectivity index (χ0n) is 21.1. The van der Waals surface area contributed by atoms with E-state index in [0.717, 1.165) is 18.5 Å². The zero-order valence-corrected chi connectivity index (χ0v) is 22.9. The van der Waals surface area contributed by atoms with Crippen molar-refractivity contribution in [2.45, 2.75) is 36.2 Å². The molecule has 0 aromatic heterocycles. The highest BCUT2D eigenvalue weighted by Crippen LogP contribution is 2.43. The van der Waals surface area contributed by atoms with E-state index in [9.17, 15) is 13.2 Å². The molecule has 0 bridgehead atoms. The van der Waals surface area contributed by atoms with E-state index in [0.29, 0.717) is 10.5 Å². The van der Waals surface area contributed by atoms with Crippen molar-refractivity contribution < 1.29 is 13.2 Å². The summed E-state index contributed by atoms with van der Waals surface area (Å²) in [7, 11) is -5.73. The second kappa shape index (κ2) is 10.6. The number of carbonyl (C=O) groups excluding carboxylic acids is 1. The fourth-order valence-corrected chi connectivity index (χ4v) is 13.6. The summed E-state index contributed by atoms with van der Waals surface area (Å²) in [5.41, 5.74) is 1.90. The minimum absolute atomic E-state index is 0.0310. The van der Waals surface area contributed by atoms with Crippen molar-refractivity contribution in [3.8, 4) is 0 Å². The highest BCUT2D eigenvalue weighted by molar-refractivity contribution is 7.91. The van der Waals surface area contributed by atoms with Crippen molar-refractivity contribution in [3.05, 3.63) is 126 Å². The molecule has 4 aromatic rings. The van der Waals surface area contributed by atoms with E-state index in [1.54, 1.807) is 31.2 Å². The van der Waals surface area contributed by atoms with E-state index in [-0.39, 0.29) is 23.4 Å². The van der Waals surface area contributed by atoms with Gasteiger partial charge in [0.05, 0.1) is 10.6 Å². The van der Waals surface area contributed by atoms with Gasteiger partial charge in [-0.25, -0.2) is 8.42 Å². The van der Waals surface area contributed by atoms with Crippen LogP contribution in [0.3, 0.4) is 0 Å². The fraction of sp³-hybridized carbons (Fsp3) is 0.219. The molecule has 5 rings (SSSR count). The molecule has 1 fully saturated rings. The van der Waals surface area contributed by atoms with E-state index in [1.807, 2.05) is 18.2 Å². The minimum atomic E-state index is -3.42. The molecule has 37 heavy (non-hydrogen) atoms. The fourth-order valence-electron chi connectivity index (χ4n) is 6.12. The lowest BCUT2D eigenvalue weighted by Gasteiger charge is -2.44. The largest absolute Gasteiger partial charge is 0.295 e. The van der Waals surface area contributed by atoms with E-state index in [4.69, 9.17) is 0 Å². The summed E-state index contributed by atoms with van der Waals surface area (Å²) < 4.78 is 27.1.